The highest BCUT2D eigenvalue weighted by atomic mass is 19.1. The van der Waals surface area contributed by atoms with Crippen molar-refractivity contribution in [3.05, 3.63) is 59.7 Å². The van der Waals surface area contributed by atoms with Gasteiger partial charge in [0.15, 0.2) is 0 Å². The number of morpholine rings is 1. The van der Waals surface area contributed by atoms with Gasteiger partial charge in [-0.15, -0.1) is 0 Å². The summed E-state index contributed by atoms with van der Waals surface area (Å²) in [5.41, 5.74) is 1.07. The van der Waals surface area contributed by atoms with Gasteiger partial charge in [-0.2, -0.15) is 0 Å². The maximum Gasteiger partial charge on any atom is 0.258 e. The molecule has 1 N–H and O–H groups in total. The second-order valence-corrected chi connectivity index (χ2v) is 5.19. The van der Waals surface area contributed by atoms with Gasteiger partial charge in [0.2, 0.25) is 0 Å². The molecular formula is C17H16F2N2O2. The third-order valence-electron chi connectivity index (χ3n) is 3.68. The Kier molecular flexibility index (Phi) is 4.52. The van der Waals surface area contributed by atoms with Crippen LogP contribution in [0.1, 0.15) is 10.4 Å². The Bertz CT molecular complexity index is 715. The topological polar surface area (TPSA) is 41.6 Å². The maximum absolute atomic E-state index is 13.7. The first kappa shape index (κ1) is 15.4. The van der Waals surface area contributed by atoms with Crippen LogP contribution >= 0.6 is 0 Å². The number of para-hydroxylation sites is 2. The quantitative estimate of drug-likeness (QED) is 0.946. The summed E-state index contributed by atoms with van der Waals surface area (Å²) in [6.07, 6.45) is 0. The van der Waals surface area contributed by atoms with Crippen LogP contribution in [0.4, 0.5) is 20.2 Å². The number of halogens is 2. The number of anilines is 2. The van der Waals surface area contributed by atoms with Crippen molar-refractivity contribution >= 4 is 17.3 Å². The molecule has 3 rings (SSSR count). The number of hydrogen-bond acceptors (Lipinski definition) is 3. The lowest BCUT2D eigenvalue weighted by Crippen LogP contribution is -2.36. The van der Waals surface area contributed by atoms with Crippen LogP contribution in [0.25, 0.3) is 0 Å². The number of nitrogens with one attached hydrogen (secondary N) is 1. The van der Waals surface area contributed by atoms with Crippen LogP contribution in [-0.4, -0.2) is 32.2 Å². The minimum absolute atomic E-state index is 0.318. The molecule has 0 radical (unpaired) electrons. The van der Waals surface area contributed by atoms with Crippen LogP contribution in [0.15, 0.2) is 42.5 Å². The summed E-state index contributed by atoms with van der Waals surface area (Å²) in [5, 5.41) is 2.66. The van der Waals surface area contributed by atoms with E-state index in [1.165, 1.54) is 0 Å². The van der Waals surface area contributed by atoms with Crippen LogP contribution < -0.4 is 10.2 Å². The lowest BCUT2D eigenvalue weighted by atomic mass is 10.1. The van der Waals surface area contributed by atoms with Crippen molar-refractivity contribution < 1.29 is 18.3 Å². The third kappa shape index (κ3) is 3.48. The number of hydrogen-bond donors (Lipinski definition) is 1. The van der Waals surface area contributed by atoms with E-state index in [9.17, 15) is 13.6 Å². The Morgan fingerprint density at radius 3 is 2.61 bits per heavy atom. The molecule has 1 heterocycles. The van der Waals surface area contributed by atoms with Gasteiger partial charge in [0, 0.05) is 13.1 Å². The summed E-state index contributed by atoms with van der Waals surface area (Å²) in [5.74, 6) is -2.09. The molecule has 23 heavy (non-hydrogen) atoms. The van der Waals surface area contributed by atoms with Crippen LogP contribution in [0.2, 0.25) is 0 Å². The monoisotopic (exact) mass is 318 g/mol. The van der Waals surface area contributed by atoms with E-state index in [1.54, 1.807) is 12.1 Å². The van der Waals surface area contributed by atoms with Crippen molar-refractivity contribution in [2.24, 2.45) is 0 Å². The molecule has 0 saturated carbocycles. The first-order chi connectivity index (χ1) is 11.1. The number of ether oxygens (including phenoxy) is 1. The summed E-state index contributed by atoms with van der Waals surface area (Å²) < 4.78 is 32.3. The van der Waals surface area contributed by atoms with Gasteiger partial charge in [0.05, 0.1) is 30.2 Å². The fourth-order valence-corrected chi connectivity index (χ4v) is 2.52. The Labute approximate surface area is 132 Å². The lowest BCUT2D eigenvalue weighted by Gasteiger charge is -2.30. The molecule has 0 aliphatic carbocycles. The molecule has 1 aliphatic heterocycles. The van der Waals surface area contributed by atoms with Crippen LogP contribution in [0, 0.1) is 11.6 Å². The second kappa shape index (κ2) is 6.75. The highest BCUT2D eigenvalue weighted by molar-refractivity contribution is 6.06. The highest BCUT2D eigenvalue weighted by Crippen LogP contribution is 2.27. The highest BCUT2D eigenvalue weighted by Gasteiger charge is 2.18. The molecule has 0 spiro atoms. The summed E-state index contributed by atoms with van der Waals surface area (Å²) >= 11 is 0. The average Bonchev–Trinajstić information content (AvgIpc) is 2.58. The zero-order chi connectivity index (χ0) is 16.2. The number of carbonyl (C=O) groups is 1. The SMILES string of the molecule is O=C(Nc1ccccc1N1CCOCC1)c1cc(F)ccc1F. The fraction of sp³-hybridized carbons (Fsp3) is 0.235. The van der Waals surface area contributed by atoms with E-state index in [1.807, 2.05) is 12.1 Å². The van der Waals surface area contributed by atoms with E-state index in [4.69, 9.17) is 4.74 Å². The van der Waals surface area contributed by atoms with Crippen molar-refractivity contribution in [1.82, 2.24) is 0 Å². The minimum Gasteiger partial charge on any atom is -0.378 e. The molecule has 1 saturated heterocycles. The summed E-state index contributed by atoms with van der Waals surface area (Å²) in [6, 6.07) is 10.1. The smallest absolute Gasteiger partial charge is 0.258 e. The molecule has 0 unspecified atom stereocenters. The van der Waals surface area contributed by atoms with Gasteiger partial charge in [0.1, 0.15) is 11.6 Å². The zero-order valence-corrected chi connectivity index (χ0v) is 12.4. The minimum atomic E-state index is -0.757. The Morgan fingerprint density at radius 2 is 1.83 bits per heavy atom. The maximum atomic E-state index is 13.7. The number of carbonyl (C=O) groups excluding carboxylic acids is 1. The van der Waals surface area contributed by atoms with Crippen molar-refractivity contribution in [3.8, 4) is 0 Å². The molecule has 0 aromatic heterocycles. The van der Waals surface area contributed by atoms with Gasteiger partial charge in [-0.3, -0.25) is 4.79 Å². The summed E-state index contributed by atoms with van der Waals surface area (Å²) in [4.78, 5) is 14.3. The van der Waals surface area contributed by atoms with E-state index in [0.717, 1.165) is 23.9 Å². The van der Waals surface area contributed by atoms with E-state index >= 15 is 0 Å². The number of amides is 1. The van der Waals surface area contributed by atoms with Crippen molar-refractivity contribution in [3.63, 3.8) is 0 Å². The van der Waals surface area contributed by atoms with Gasteiger partial charge < -0.3 is 15.0 Å². The van der Waals surface area contributed by atoms with Crippen LogP contribution in [0.5, 0.6) is 0 Å². The van der Waals surface area contributed by atoms with Gasteiger partial charge in [-0.25, -0.2) is 8.78 Å². The van der Waals surface area contributed by atoms with Crippen LogP contribution in [-0.2, 0) is 4.74 Å². The largest absolute Gasteiger partial charge is 0.378 e. The number of benzene rings is 2. The molecule has 120 valence electrons. The number of rotatable bonds is 3. The number of nitrogens with zero attached hydrogens (tertiary/aromatic N) is 1. The van der Waals surface area contributed by atoms with Crippen LogP contribution in [0.3, 0.4) is 0 Å². The summed E-state index contributed by atoms with van der Waals surface area (Å²) in [7, 11) is 0. The molecule has 0 bridgehead atoms. The summed E-state index contributed by atoms with van der Waals surface area (Å²) in [6.45, 7) is 2.64. The van der Waals surface area contributed by atoms with Gasteiger partial charge in [-0.1, -0.05) is 12.1 Å². The molecule has 1 aliphatic rings. The first-order valence-corrected chi connectivity index (χ1v) is 7.33. The zero-order valence-electron chi connectivity index (χ0n) is 12.4. The van der Waals surface area contributed by atoms with E-state index in [-0.39, 0.29) is 5.56 Å². The molecule has 1 amide bonds. The normalized spacial score (nSPS) is 14.6. The molecule has 1 fully saturated rings. The molecule has 0 atom stereocenters. The van der Waals surface area contributed by atoms with Gasteiger partial charge in [0.25, 0.3) is 5.91 Å². The average molecular weight is 318 g/mol. The third-order valence-corrected chi connectivity index (χ3v) is 3.68. The molecular weight excluding hydrogens is 302 g/mol. The molecule has 6 heteroatoms. The van der Waals surface area contributed by atoms with Crippen molar-refractivity contribution in [1.29, 1.82) is 0 Å². The van der Waals surface area contributed by atoms with Gasteiger partial charge in [-0.05, 0) is 30.3 Å². The van der Waals surface area contributed by atoms with Crippen molar-refractivity contribution in [2.75, 3.05) is 36.5 Å². The van der Waals surface area contributed by atoms with E-state index in [0.29, 0.717) is 32.0 Å². The Hall–Kier alpha value is -2.47. The fourth-order valence-electron chi connectivity index (χ4n) is 2.52. The van der Waals surface area contributed by atoms with E-state index in [2.05, 4.69) is 10.2 Å². The predicted molar refractivity (Wildman–Crippen MR) is 83.8 cm³/mol. The lowest BCUT2D eigenvalue weighted by molar-refractivity contribution is 0.102. The van der Waals surface area contributed by atoms with Crippen molar-refractivity contribution in [2.45, 2.75) is 0 Å². The second-order valence-electron chi connectivity index (χ2n) is 5.19. The van der Waals surface area contributed by atoms with Gasteiger partial charge >= 0.3 is 0 Å². The molecule has 2 aromatic rings. The first-order valence-electron chi connectivity index (χ1n) is 7.33. The molecule has 4 nitrogen and oxygen atoms in total. The van der Waals surface area contributed by atoms with E-state index < -0.39 is 17.5 Å². The Morgan fingerprint density at radius 1 is 1.09 bits per heavy atom. The Balaban J connectivity index is 1.85. The molecule has 2 aromatic carbocycles. The predicted octanol–water partition coefficient (Wildman–Crippen LogP) is 3.05. The standard InChI is InChI=1S/C17H16F2N2O2/c18-12-5-6-14(19)13(11-12)17(22)20-15-3-1-2-4-16(15)21-7-9-23-10-8-21/h1-6,11H,7-10H2,(H,20,22).